The Balaban J connectivity index is 2.54. The van der Waals surface area contributed by atoms with Gasteiger partial charge in [0, 0.05) is 10.0 Å². The van der Waals surface area contributed by atoms with Crippen LogP contribution in [0.3, 0.4) is 0 Å². The molecule has 0 aliphatic heterocycles. The second kappa shape index (κ2) is 4.81. The molecule has 1 aromatic heterocycles. The first-order valence-corrected chi connectivity index (χ1v) is 6.93. The summed E-state index contributed by atoms with van der Waals surface area (Å²) < 4.78 is 39.0. The summed E-state index contributed by atoms with van der Waals surface area (Å²) in [6.45, 7) is 0. The fourth-order valence-electron chi connectivity index (χ4n) is 1.18. The molecule has 90 valence electrons. The standard InChI is InChI=1S/C9H3BrF3IN2S/c10-6-2-1-4(9(11,12)13)3-5(6)7-15-16-8(14)17-7/h1-3H. The number of halogens is 5. The van der Waals surface area contributed by atoms with Crippen LogP contribution in [0.2, 0.25) is 0 Å². The lowest BCUT2D eigenvalue weighted by atomic mass is 10.1. The van der Waals surface area contributed by atoms with Crippen LogP contribution in [0.15, 0.2) is 22.7 Å². The summed E-state index contributed by atoms with van der Waals surface area (Å²) in [5.41, 5.74) is -0.291. The van der Waals surface area contributed by atoms with Crippen LogP contribution in [0.5, 0.6) is 0 Å². The molecule has 8 heteroatoms. The van der Waals surface area contributed by atoms with Crippen molar-refractivity contribution in [1.82, 2.24) is 10.2 Å². The molecule has 0 aliphatic rings. The summed E-state index contributed by atoms with van der Waals surface area (Å²) in [6.07, 6.45) is -4.35. The number of hydrogen-bond donors (Lipinski definition) is 0. The van der Waals surface area contributed by atoms with Crippen LogP contribution in [0, 0.1) is 3.01 Å². The molecule has 2 rings (SSSR count). The van der Waals surface area contributed by atoms with Crippen molar-refractivity contribution in [3.63, 3.8) is 0 Å². The Kier molecular flexibility index (Phi) is 3.74. The van der Waals surface area contributed by atoms with Gasteiger partial charge in [-0.2, -0.15) is 13.2 Å². The van der Waals surface area contributed by atoms with Crippen LogP contribution >= 0.6 is 49.9 Å². The van der Waals surface area contributed by atoms with Gasteiger partial charge in [-0.1, -0.05) is 27.3 Å². The summed E-state index contributed by atoms with van der Waals surface area (Å²) in [7, 11) is 0. The molecule has 0 N–H and O–H groups in total. The highest BCUT2D eigenvalue weighted by atomic mass is 127. The van der Waals surface area contributed by atoms with E-state index in [0.29, 0.717) is 18.1 Å². The minimum atomic E-state index is -4.35. The van der Waals surface area contributed by atoms with Crippen molar-refractivity contribution >= 4 is 49.9 Å². The van der Waals surface area contributed by atoms with Gasteiger partial charge in [0.25, 0.3) is 0 Å². The normalized spacial score (nSPS) is 11.8. The molecule has 0 radical (unpaired) electrons. The third-order valence-corrected chi connectivity index (χ3v) is 4.24. The topological polar surface area (TPSA) is 25.8 Å². The van der Waals surface area contributed by atoms with Gasteiger partial charge >= 0.3 is 6.18 Å². The Hall–Kier alpha value is -0.220. The highest BCUT2D eigenvalue weighted by Crippen LogP contribution is 2.36. The van der Waals surface area contributed by atoms with E-state index < -0.39 is 11.7 Å². The maximum atomic E-state index is 12.6. The van der Waals surface area contributed by atoms with Crippen molar-refractivity contribution in [2.24, 2.45) is 0 Å². The molecule has 0 saturated heterocycles. The summed E-state index contributed by atoms with van der Waals surface area (Å²) in [5.74, 6) is 0. The van der Waals surface area contributed by atoms with Crippen molar-refractivity contribution in [3.05, 3.63) is 31.2 Å². The van der Waals surface area contributed by atoms with E-state index in [1.807, 2.05) is 22.6 Å². The van der Waals surface area contributed by atoms with Gasteiger partial charge in [-0.15, -0.1) is 10.2 Å². The highest BCUT2D eigenvalue weighted by molar-refractivity contribution is 14.1. The summed E-state index contributed by atoms with van der Waals surface area (Å²) in [6, 6.07) is 3.46. The second-order valence-electron chi connectivity index (χ2n) is 3.05. The molecule has 1 heterocycles. The van der Waals surface area contributed by atoms with Crippen LogP contribution in [-0.2, 0) is 6.18 Å². The molecule has 0 fully saturated rings. The van der Waals surface area contributed by atoms with E-state index in [1.165, 1.54) is 17.4 Å². The SMILES string of the molecule is FC(F)(F)c1ccc(Br)c(-c2nnc(I)s2)c1. The number of hydrogen-bond acceptors (Lipinski definition) is 3. The maximum Gasteiger partial charge on any atom is 0.416 e. The van der Waals surface area contributed by atoms with Crippen molar-refractivity contribution in [3.8, 4) is 10.6 Å². The first kappa shape index (κ1) is 13.2. The fourth-order valence-corrected chi connectivity index (χ4v) is 3.08. The first-order valence-electron chi connectivity index (χ1n) is 4.24. The number of rotatable bonds is 1. The van der Waals surface area contributed by atoms with Crippen molar-refractivity contribution in [1.29, 1.82) is 0 Å². The lowest BCUT2D eigenvalue weighted by Crippen LogP contribution is -2.04. The summed E-state index contributed by atoms with van der Waals surface area (Å²) >= 11 is 6.43. The Labute approximate surface area is 121 Å². The van der Waals surface area contributed by atoms with Gasteiger partial charge in [0.2, 0.25) is 0 Å². The molecular weight excluding hydrogens is 432 g/mol. The summed E-state index contributed by atoms with van der Waals surface area (Å²) in [5, 5.41) is 8.08. The van der Waals surface area contributed by atoms with Gasteiger partial charge < -0.3 is 0 Å². The molecule has 2 aromatic rings. The molecular formula is C9H3BrF3IN2S. The lowest BCUT2D eigenvalue weighted by molar-refractivity contribution is -0.137. The number of alkyl halides is 3. The van der Waals surface area contributed by atoms with Crippen LogP contribution in [0.1, 0.15) is 5.56 Å². The Bertz CT molecular complexity index is 555. The van der Waals surface area contributed by atoms with E-state index in [2.05, 4.69) is 26.1 Å². The molecule has 0 bridgehead atoms. The largest absolute Gasteiger partial charge is 0.416 e. The number of aromatic nitrogens is 2. The highest BCUT2D eigenvalue weighted by Gasteiger charge is 2.31. The van der Waals surface area contributed by atoms with E-state index in [4.69, 9.17) is 0 Å². The van der Waals surface area contributed by atoms with E-state index >= 15 is 0 Å². The maximum absolute atomic E-state index is 12.6. The van der Waals surface area contributed by atoms with Gasteiger partial charge in [-0.25, -0.2) is 0 Å². The minimum absolute atomic E-state index is 0.403. The quantitative estimate of drug-likeness (QED) is 0.613. The van der Waals surface area contributed by atoms with E-state index in [1.54, 1.807) is 0 Å². The molecule has 0 spiro atoms. The molecule has 1 aromatic carbocycles. The van der Waals surface area contributed by atoms with Gasteiger partial charge in [0.15, 0.2) is 3.01 Å². The fraction of sp³-hybridized carbons (Fsp3) is 0.111. The number of benzene rings is 1. The monoisotopic (exact) mass is 434 g/mol. The number of nitrogens with zero attached hydrogens (tertiary/aromatic N) is 2. The molecule has 0 saturated carbocycles. The van der Waals surface area contributed by atoms with Crippen LogP contribution in [0.4, 0.5) is 13.2 Å². The zero-order chi connectivity index (χ0) is 12.6. The molecule has 0 atom stereocenters. The van der Waals surface area contributed by atoms with E-state index in [0.717, 1.165) is 12.1 Å². The molecule has 2 nitrogen and oxygen atoms in total. The molecule has 0 amide bonds. The average molecular weight is 435 g/mol. The minimum Gasteiger partial charge on any atom is -0.166 e. The Morgan fingerprint density at radius 2 is 1.94 bits per heavy atom. The first-order chi connectivity index (χ1) is 7.88. The second-order valence-corrected chi connectivity index (χ2v) is 6.64. The predicted molar refractivity (Wildman–Crippen MR) is 70.8 cm³/mol. The van der Waals surface area contributed by atoms with Gasteiger partial charge in [0.05, 0.1) is 5.56 Å². The predicted octanol–water partition coefficient (Wildman–Crippen LogP) is 4.59. The molecule has 0 aliphatic carbocycles. The third-order valence-electron chi connectivity index (χ3n) is 1.92. The Morgan fingerprint density at radius 3 is 2.47 bits per heavy atom. The zero-order valence-corrected chi connectivity index (χ0v) is 12.5. The summed E-state index contributed by atoms with van der Waals surface area (Å²) in [4.78, 5) is 0. The van der Waals surface area contributed by atoms with Crippen molar-refractivity contribution in [2.45, 2.75) is 6.18 Å². The van der Waals surface area contributed by atoms with Gasteiger partial charge in [0.1, 0.15) is 5.01 Å². The van der Waals surface area contributed by atoms with Crippen LogP contribution < -0.4 is 0 Å². The Morgan fingerprint density at radius 1 is 1.24 bits per heavy atom. The van der Waals surface area contributed by atoms with Crippen LogP contribution in [0.25, 0.3) is 10.6 Å². The lowest BCUT2D eigenvalue weighted by Gasteiger charge is -2.08. The average Bonchev–Trinajstić information content (AvgIpc) is 2.63. The molecule has 0 unspecified atom stereocenters. The van der Waals surface area contributed by atoms with E-state index in [-0.39, 0.29) is 0 Å². The third kappa shape index (κ3) is 2.97. The van der Waals surface area contributed by atoms with Crippen LogP contribution in [-0.4, -0.2) is 10.2 Å². The zero-order valence-electron chi connectivity index (χ0n) is 7.92. The smallest absolute Gasteiger partial charge is 0.166 e. The van der Waals surface area contributed by atoms with Crippen molar-refractivity contribution < 1.29 is 13.2 Å². The van der Waals surface area contributed by atoms with E-state index in [9.17, 15) is 13.2 Å². The molecule has 17 heavy (non-hydrogen) atoms. The van der Waals surface area contributed by atoms with Gasteiger partial charge in [-0.05, 0) is 40.8 Å². The van der Waals surface area contributed by atoms with Gasteiger partial charge in [-0.3, -0.25) is 0 Å². The van der Waals surface area contributed by atoms with Crippen molar-refractivity contribution in [2.75, 3.05) is 0 Å².